The van der Waals surface area contributed by atoms with E-state index in [1.54, 1.807) is 6.07 Å². The summed E-state index contributed by atoms with van der Waals surface area (Å²) >= 11 is 0. The molecule has 162 valence electrons. The van der Waals surface area contributed by atoms with Gasteiger partial charge in [0.2, 0.25) is 0 Å². The number of para-hydroxylation sites is 3. The third kappa shape index (κ3) is 4.06. The first-order valence-corrected chi connectivity index (χ1v) is 12.7. The fourth-order valence-electron chi connectivity index (χ4n) is 4.28. The van der Waals surface area contributed by atoms with Crippen LogP contribution >= 0.6 is 10.6 Å². The van der Waals surface area contributed by atoms with E-state index in [0.29, 0.717) is 12.2 Å². The van der Waals surface area contributed by atoms with E-state index in [1.807, 2.05) is 60.7 Å². The van der Waals surface area contributed by atoms with Gasteiger partial charge >= 0.3 is 0 Å². The molecule has 0 saturated heterocycles. The van der Waals surface area contributed by atoms with E-state index in [2.05, 4.69) is 42.7 Å². The molecule has 2 atom stereocenters. The van der Waals surface area contributed by atoms with Crippen LogP contribution in [0.3, 0.4) is 0 Å². The van der Waals surface area contributed by atoms with Gasteiger partial charge in [0.1, 0.15) is 5.75 Å². The summed E-state index contributed by atoms with van der Waals surface area (Å²) in [6.07, 6.45) is 3.55. The average Bonchev–Trinajstić information content (AvgIpc) is 2.87. The van der Waals surface area contributed by atoms with Gasteiger partial charge in [0.25, 0.3) is 0 Å². The molecule has 0 bridgehead atoms. The maximum absolute atomic E-state index is 10.4. The summed E-state index contributed by atoms with van der Waals surface area (Å²) in [7, 11) is -2.08. The molecule has 1 heterocycles. The number of rotatable bonds is 3. The molecule has 0 radical (unpaired) electrons. The first-order valence-electron chi connectivity index (χ1n) is 10.8. The Morgan fingerprint density at radius 1 is 0.750 bits per heavy atom. The molecule has 1 N–H and O–H groups in total. The van der Waals surface area contributed by atoms with Crippen LogP contribution in [-0.2, 0) is 12.8 Å². The van der Waals surface area contributed by atoms with Gasteiger partial charge in [-0.15, -0.1) is 0 Å². The molecule has 0 fully saturated rings. The van der Waals surface area contributed by atoms with Gasteiger partial charge in [0.15, 0.2) is 11.5 Å². The predicted octanol–water partition coefficient (Wildman–Crippen LogP) is 7.06. The van der Waals surface area contributed by atoms with E-state index < -0.39 is 10.6 Å². The Bertz CT molecular complexity index is 1220. The first-order chi connectivity index (χ1) is 15.6. The van der Waals surface area contributed by atoms with Crippen molar-refractivity contribution in [3.05, 3.63) is 120 Å². The van der Waals surface area contributed by atoms with E-state index >= 15 is 0 Å². The van der Waals surface area contributed by atoms with Crippen molar-refractivity contribution in [2.75, 3.05) is 6.26 Å². The molecule has 3 nitrogen and oxygen atoms in total. The van der Waals surface area contributed by atoms with Crippen molar-refractivity contribution in [2.45, 2.75) is 23.7 Å². The zero-order valence-electron chi connectivity index (χ0n) is 18.0. The van der Waals surface area contributed by atoms with Gasteiger partial charge < -0.3 is 13.5 Å². The Labute approximate surface area is 191 Å². The summed E-state index contributed by atoms with van der Waals surface area (Å²) in [5.74, 6) is 2.14. The smallest absolute Gasteiger partial charge is 0.155 e. The SMILES string of the molecule is CS1(c2ccccc2)Oc2ccccc2CC(Cc2ccccc2O)c2ccccc2O1. The summed E-state index contributed by atoms with van der Waals surface area (Å²) in [5, 5.41) is 10.4. The lowest BCUT2D eigenvalue weighted by molar-refractivity contribution is 0.464. The van der Waals surface area contributed by atoms with Crippen LogP contribution in [0, 0.1) is 0 Å². The van der Waals surface area contributed by atoms with Gasteiger partial charge in [-0.25, -0.2) is 0 Å². The number of fused-ring (bicyclic) bond motifs is 2. The molecule has 32 heavy (non-hydrogen) atoms. The minimum Gasteiger partial charge on any atom is -0.508 e. The molecule has 4 heteroatoms. The molecule has 0 amide bonds. The highest BCUT2D eigenvalue weighted by molar-refractivity contribution is 8.26. The molecular formula is C28H26O3S. The van der Waals surface area contributed by atoms with Crippen molar-refractivity contribution in [3.63, 3.8) is 0 Å². The summed E-state index contributed by atoms with van der Waals surface area (Å²) in [6.45, 7) is 0. The maximum Gasteiger partial charge on any atom is 0.155 e. The van der Waals surface area contributed by atoms with Crippen molar-refractivity contribution in [1.29, 1.82) is 0 Å². The van der Waals surface area contributed by atoms with Gasteiger partial charge in [-0.05, 0) is 60.2 Å². The van der Waals surface area contributed by atoms with E-state index in [-0.39, 0.29) is 5.92 Å². The summed E-state index contributed by atoms with van der Waals surface area (Å²) < 4.78 is 13.4. The van der Waals surface area contributed by atoms with Gasteiger partial charge in [-0.1, -0.05) is 83.4 Å². The van der Waals surface area contributed by atoms with Crippen molar-refractivity contribution in [3.8, 4) is 17.2 Å². The minimum atomic E-state index is -2.08. The van der Waals surface area contributed by atoms with Crippen molar-refractivity contribution >= 4 is 10.6 Å². The zero-order chi connectivity index (χ0) is 22.0. The largest absolute Gasteiger partial charge is 0.508 e. The lowest BCUT2D eigenvalue weighted by Gasteiger charge is -2.40. The van der Waals surface area contributed by atoms with Crippen LogP contribution in [-0.4, -0.2) is 11.4 Å². The van der Waals surface area contributed by atoms with E-state index in [0.717, 1.165) is 39.5 Å². The molecule has 1 aliphatic rings. The van der Waals surface area contributed by atoms with E-state index in [1.165, 1.54) is 0 Å². The third-order valence-electron chi connectivity index (χ3n) is 5.92. The number of benzene rings is 4. The maximum atomic E-state index is 10.4. The van der Waals surface area contributed by atoms with Crippen LogP contribution < -0.4 is 8.37 Å². The van der Waals surface area contributed by atoms with Crippen molar-refractivity contribution in [1.82, 2.24) is 0 Å². The third-order valence-corrected chi connectivity index (χ3v) is 8.05. The molecule has 2 unspecified atom stereocenters. The normalized spacial score (nSPS) is 21.8. The number of aromatic hydroxyl groups is 1. The molecule has 0 saturated carbocycles. The number of hydrogen-bond acceptors (Lipinski definition) is 3. The second-order valence-corrected chi connectivity index (χ2v) is 10.5. The van der Waals surface area contributed by atoms with Crippen LogP contribution in [0.4, 0.5) is 0 Å². The Morgan fingerprint density at radius 2 is 1.38 bits per heavy atom. The lowest BCUT2D eigenvalue weighted by Crippen LogP contribution is -2.14. The highest BCUT2D eigenvalue weighted by Crippen LogP contribution is 2.56. The molecule has 1 aliphatic heterocycles. The monoisotopic (exact) mass is 442 g/mol. The molecule has 4 aromatic rings. The summed E-state index contributed by atoms with van der Waals surface area (Å²) in [5.41, 5.74) is 3.21. The second-order valence-electron chi connectivity index (χ2n) is 8.13. The lowest BCUT2D eigenvalue weighted by atomic mass is 9.85. The number of phenols is 1. The van der Waals surface area contributed by atoms with Crippen LogP contribution in [0.15, 0.2) is 108 Å². The van der Waals surface area contributed by atoms with Gasteiger partial charge in [-0.2, -0.15) is 0 Å². The topological polar surface area (TPSA) is 38.7 Å². The van der Waals surface area contributed by atoms with Gasteiger partial charge in [-0.3, -0.25) is 0 Å². The fraction of sp³-hybridized carbons (Fsp3) is 0.143. The Kier molecular flexibility index (Phi) is 5.54. The first kappa shape index (κ1) is 20.5. The summed E-state index contributed by atoms with van der Waals surface area (Å²) in [4.78, 5) is 1.03. The second kappa shape index (κ2) is 8.64. The molecular weight excluding hydrogens is 416 g/mol. The summed E-state index contributed by atoms with van der Waals surface area (Å²) in [6, 6.07) is 34.2. The fourth-order valence-corrected chi connectivity index (χ4v) is 6.16. The highest BCUT2D eigenvalue weighted by Gasteiger charge is 2.29. The molecule has 0 aromatic heterocycles. The molecule has 0 spiro atoms. The highest BCUT2D eigenvalue weighted by atomic mass is 32.3. The number of phenolic OH excluding ortho intramolecular Hbond substituents is 1. The minimum absolute atomic E-state index is 0.127. The van der Waals surface area contributed by atoms with Gasteiger partial charge in [0, 0.05) is 5.56 Å². The predicted molar refractivity (Wildman–Crippen MR) is 131 cm³/mol. The van der Waals surface area contributed by atoms with Crippen LogP contribution in [0.5, 0.6) is 17.2 Å². The zero-order valence-corrected chi connectivity index (χ0v) is 18.8. The van der Waals surface area contributed by atoms with E-state index in [4.69, 9.17) is 8.37 Å². The van der Waals surface area contributed by atoms with Gasteiger partial charge in [0.05, 0.1) is 11.2 Å². The average molecular weight is 443 g/mol. The van der Waals surface area contributed by atoms with Crippen LogP contribution in [0.1, 0.15) is 22.6 Å². The quantitative estimate of drug-likeness (QED) is 0.369. The Balaban J connectivity index is 1.65. The Hall–Kier alpha value is -3.37. The Morgan fingerprint density at radius 3 is 2.19 bits per heavy atom. The molecule has 5 rings (SSSR count). The van der Waals surface area contributed by atoms with Crippen molar-refractivity contribution in [2.24, 2.45) is 0 Å². The molecule has 0 aliphatic carbocycles. The van der Waals surface area contributed by atoms with Crippen molar-refractivity contribution < 1.29 is 13.5 Å². The van der Waals surface area contributed by atoms with E-state index in [9.17, 15) is 5.11 Å². The standard InChI is InChI=1S/C28H26O3S/c1-32(24-13-3-2-4-14-24)30-27-17-9-6-12-22(27)20-23(19-21-11-5-8-16-26(21)29)25-15-7-10-18-28(25)31-32/h2-18,23,29H,19-20H2,1H3. The van der Waals surface area contributed by atoms with Crippen LogP contribution in [0.25, 0.3) is 0 Å². The van der Waals surface area contributed by atoms with Crippen LogP contribution in [0.2, 0.25) is 0 Å². The number of hydrogen-bond donors (Lipinski definition) is 1. The molecule has 4 aromatic carbocycles.